The van der Waals surface area contributed by atoms with Gasteiger partial charge in [0.2, 0.25) is 0 Å². The molecule has 1 aromatic rings. The van der Waals surface area contributed by atoms with Crippen molar-refractivity contribution in [2.45, 2.75) is 12.8 Å². The molecule has 0 radical (unpaired) electrons. The predicted octanol–water partition coefficient (Wildman–Crippen LogP) is 2.71. The molecular weight excluding hydrogens is 238 g/mol. The van der Waals surface area contributed by atoms with Gasteiger partial charge in [-0.25, -0.2) is 8.78 Å². The van der Waals surface area contributed by atoms with E-state index in [0.29, 0.717) is 18.6 Å². The van der Waals surface area contributed by atoms with E-state index in [-0.39, 0.29) is 18.6 Å². The summed E-state index contributed by atoms with van der Waals surface area (Å²) in [5.41, 5.74) is 0.287. The molecule has 2 nitrogen and oxygen atoms in total. The second kappa shape index (κ2) is 6.43. The summed E-state index contributed by atoms with van der Waals surface area (Å²) >= 11 is 5.41. The lowest BCUT2D eigenvalue weighted by molar-refractivity contribution is -0.107. The number of halogens is 3. The van der Waals surface area contributed by atoms with E-state index in [0.717, 1.165) is 12.1 Å². The van der Waals surface area contributed by atoms with Gasteiger partial charge in [-0.1, -0.05) is 0 Å². The maximum Gasteiger partial charge on any atom is 0.190 e. The fourth-order valence-corrected chi connectivity index (χ4v) is 1.30. The van der Waals surface area contributed by atoms with Gasteiger partial charge in [-0.05, 0) is 24.1 Å². The first-order chi connectivity index (χ1) is 7.69. The van der Waals surface area contributed by atoms with Crippen LogP contribution in [0.15, 0.2) is 12.1 Å². The van der Waals surface area contributed by atoms with Crippen LogP contribution in [0.4, 0.5) is 8.78 Å². The summed E-state index contributed by atoms with van der Waals surface area (Å²) in [5.74, 6) is -1.65. The molecule has 0 spiro atoms. The van der Waals surface area contributed by atoms with Crippen LogP contribution >= 0.6 is 11.6 Å². The van der Waals surface area contributed by atoms with Crippen molar-refractivity contribution in [3.63, 3.8) is 0 Å². The Balaban J connectivity index is 2.80. The molecule has 0 fully saturated rings. The topological polar surface area (TPSA) is 26.3 Å². The number of benzene rings is 1. The van der Waals surface area contributed by atoms with E-state index in [1.165, 1.54) is 0 Å². The number of rotatable bonds is 6. The molecule has 0 N–H and O–H groups in total. The molecule has 1 aromatic carbocycles. The SMILES string of the molecule is O=CCc1cc(F)c(OCCCCl)c(F)c1. The maximum absolute atomic E-state index is 13.3. The van der Waals surface area contributed by atoms with Gasteiger partial charge in [0.15, 0.2) is 17.4 Å². The third kappa shape index (κ3) is 3.45. The molecule has 16 heavy (non-hydrogen) atoms. The zero-order chi connectivity index (χ0) is 12.0. The second-order valence-electron chi connectivity index (χ2n) is 3.15. The zero-order valence-electron chi connectivity index (χ0n) is 8.51. The van der Waals surface area contributed by atoms with Crippen LogP contribution in [0.3, 0.4) is 0 Å². The van der Waals surface area contributed by atoms with Crippen molar-refractivity contribution in [3.05, 3.63) is 29.3 Å². The summed E-state index contributed by atoms with van der Waals surface area (Å²) in [6.45, 7) is 0.157. The smallest absolute Gasteiger partial charge is 0.190 e. The molecule has 0 aliphatic rings. The summed E-state index contributed by atoms with van der Waals surface area (Å²) in [4.78, 5) is 10.2. The summed E-state index contributed by atoms with van der Waals surface area (Å²) in [6.07, 6.45) is 1.08. The highest BCUT2D eigenvalue weighted by atomic mass is 35.5. The molecule has 88 valence electrons. The van der Waals surface area contributed by atoms with Crippen LogP contribution < -0.4 is 4.74 Å². The Morgan fingerprint density at radius 1 is 1.31 bits per heavy atom. The number of hydrogen-bond acceptors (Lipinski definition) is 2. The third-order valence-corrected chi connectivity index (χ3v) is 2.17. The Bertz CT molecular complexity index is 346. The van der Waals surface area contributed by atoms with E-state index in [1.54, 1.807) is 0 Å². The van der Waals surface area contributed by atoms with Gasteiger partial charge < -0.3 is 9.53 Å². The van der Waals surface area contributed by atoms with Gasteiger partial charge in [0, 0.05) is 12.3 Å². The maximum atomic E-state index is 13.3. The van der Waals surface area contributed by atoms with Gasteiger partial charge in [0.05, 0.1) is 6.61 Å². The molecular formula is C11H11ClF2O2. The summed E-state index contributed by atoms with van der Waals surface area (Å²) in [7, 11) is 0. The van der Waals surface area contributed by atoms with Crippen LogP contribution in [-0.2, 0) is 11.2 Å². The minimum absolute atomic E-state index is 0.0181. The predicted molar refractivity (Wildman–Crippen MR) is 57.0 cm³/mol. The molecule has 0 aliphatic heterocycles. The largest absolute Gasteiger partial charge is 0.488 e. The molecule has 1 rings (SSSR count). The fraction of sp³-hybridized carbons (Fsp3) is 0.364. The van der Waals surface area contributed by atoms with Crippen LogP contribution in [0.5, 0.6) is 5.75 Å². The Kier molecular flexibility index (Phi) is 5.19. The molecule has 0 bridgehead atoms. The second-order valence-corrected chi connectivity index (χ2v) is 3.53. The Hall–Kier alpha value is -1.16. The van der Waals surface area contributed by atoms with Crippen LogP contribution in [0.2, 0.25) is 0 Å². The highest BCUT2D eigenvalue weighted by molar-refractivity contribution is 6.17. The Morgan fingerprint density at radius 2 is 1.94 bits per heavy atom. The minimum atomic E-state index is -0.800. The molecule has 0 amide bonds. The lowest BCUT2D eigenvalue weighted by Gasteiger charge is -2.08. The van der Waals surface area contributed by atoms with E-state index in [2.05, 4.69) is 0 Å². The van der Waals surface area contributed by atoms with Crippen LogP contribution in [-0.4, -0.2) is 18.8 Å². The van der Waals surface area contributed by atoms with Crippen molar-refractivity contribution in [1.82, 2.24) is 0 Å². The minimum Gasteiger partial charge on any atom is -0.488 e. The first kappa shape index (κ1) is 12.9. The normalized spacial score (nSPS) is 10.2. The van der Waals surface area contributed by atoms with Crippen LogP contribution in [0.1, 0.15) is 12.0 Å². The molecule has 0 aliphatic carbocycles. The number of hydrogen-bond donors (Lipinski definition) is 0. The third-order valence-electron chi connectivity index (χ3n) is 1.90. The van der Waals surface area contributed by atoms with Gasteiger partial charge >= 0.3 is 0 Å². The monoisotopic (exact) mass is 248 g/mol. The number of ether oxygens (including phenoxy) is 1. The van der Waals surface area contributed by atoms with E-state index in [4.69, 9.17) is 16.3 Å². The fourth-order valence-electron chi connectivity index (χ4n) is 1.19. The van der Waals surface area contributed by atoms with E-state index in [1.807, 2.05) is 0 Å². The first-order valence-corrected chi connectivity index (χ1v) is 5.32. The van der Waals surface area contributed by atoms with Crippen molar-refractivity contribution in [1.29, 1.82) is 0 Å². The zero-order valence-corrected chi connectivity index (χ0v) is 9.27. The summed E-state index contributed by atoms with van der Waals surface area (Å²) < 4.78 is 31.6. The molecule has 0 aromatic heterocycles. The standard InChI is InChI=1S/C11H11ClF2O2/c12-3-1-5-16-11-9(13)6-8(2-4-15)7-10(11)14/h4,6-7H,1-3,5H2. The van der Waals surface area contributed by atoms with Crippen molar-refractivity contribution in [2.24, 2.45) is 0 Å². The molecule has 0 saturated carbocycles. The Labute approximate surface area is 97.2 Å². The molecule has 0 heterocycles. The van der Waals surface area contributed by atoms with Gasteiger partial charge in [0.25, 0.3) is 0 Å². The lowest BCUT2D eigenvalue weighted by atomic mass is 10.1. The van der Waals surface area contributed by atoms with E-state index >= 15 is 0 Å². The van der Waals surface area contributed by atoms with Gasteiger partial charge in [0.1, 0.15) is 6.29 Å². The Morgan fingerprint density at radius 3 is 2.44 bits per heavy atom. The van der Waals surface area contributed by atoms with E-state index in [9.17, 15) is 13.6 Å². The van der Waals surface area contributed by atoms with Crippen LogP contribution in [0, 0.1) is 11.6 Å². The average molecular weight is 249 g/mol. The molecule has 0 atom stereocenters. The van der Waals surface area contributed by atoms with E-state index < -0.39 is 17.4 Å². The van der Waals surface area contributed by atoms with Gasteiger partial charge in [-0.2, -0.15) is 0 Å². The van der Waals surface area contributed by atoms with Crippen LogP contribution in [0.25, 0.3) is 0 Å². The molecule has 0 unspecified atom stereocenters. The molecule has 5 heteroatoms. The number of carbonyl (C=O) groups excluding carboxylic acids is 1. The van der Waals surface area contributed by atoms with Crippen molar-refractivity contribution in [2.75, 3.05) is 12.5 Å². The van der Waals surface area contributed by atoms with Crippen molar-refractivity contribution < 1.29 is 18.3 Å². The summed E-state index contributed by atoms with van der Waals surface area (Å²) in [6, 6.07) is 2.18. The van der Waals surface area contributed by atoms with Crippen molar-refractivity contribution in [3.8, 4) is 5.75 Å². The molecule has 0 saturated heterocycles. The average Bonchev–Trinajstić information content (AvgIpc) is 2.23. The first-order valence-electron chi connectivity index (χ1n) is 4.79. The number of alkyl halides is 1. The highest BCUT2D eigenvalue weighted by Gasteiger charge is 2.12. The quantitative estimate of drug-likeness (QED) is 0.440. The number of carbonyl (C=O) groups is 1. The van der Waals surface area contributed by atoms with Crippen molar-refractivity contribution >= 4 is 17.9 Å². The highest BCUT2D eigenvalue weighted by Crippen LogP contribution is 2.23. The van der Waals surface area contributed by atoms with Gasteiger partial charge in [-0.15, -0.1) is 11.6 Å². The van der Waals surface area contributed by atoms with Gasteiger partial charge in [-0.3, -0.25) is 0 Å². The summed E-state index contributed by atoms with van der Waals surface area (Å²) in [5, 5.41) is 0. The number of aldehydes is 1. The lowest BCUT2D eigenvalue weighted by Crippen LogP contribution is -2.03.